The fourth-order valence-corrected chi connectivity index (χ4v) is 3.49. The van der Waals surface area contributed by atoms with Crippen molar-refractivity contribution in [2.45, 2.75) is 51.3 Å². The standard InChI is InChI=1S/C18H23FN2O/c1-2-17(22)16-7-3-4-9-21(16)12-14-11-15(19)10-13-6-5-8-20-18(13)14/h5-6,8,10-11,16-17,22H,2-4,7,9,12H2,1H3. The van der Waals surface area contributed by atoms with Gasteiger partial charge in [0.1, 0.15) is 5.82 Å². The predicted molar refractivity (Wildman–Crippen MR) is 86.0 cm³/mol. The molecule has 22 heavy (non-hydrogen) atoms. The molecule has 3 rings (SSSR count). The van der Waals surface area contributed by atoms with Crippen molar-refractivity contribution in [3.63, 3.8) is 0 Å². The summed E-state index contributed by atoms with van der Waals surface area (Å²) in [6.45, 7) is 3.61. The molecule has 1 aliphatic heterocycles. The number of aliphatic hydroxyl groups is 1. The van der Waals surface area contributed by atoms with Gasteiger partial charge in [0.2, 0.25) is 0 Å². The van der Waals surface area contributed by atoms with Crippen LogP contribution in [0.15, 0.2) is 30.5 Å². The molecule has 2 aromatic rings. The molecule has 1 aromatic heterocycles. The minimum atomic E-state index is -0.312. The summed E-state index contributed by atoms with van der Waals surface area (Å²) in [6.07, 6.45) is 5.48. The van der Waals surface area contributed by atoms with Crippen LogP contribution in [-0.2, 0) is 6.54 Å². The fourth-order valence-electron chi connectivity index (χ4n) is 3.49. The van der Waals surface area contributed by atoms with Gasteiger partial charge in [-0.1, -0.05) is 19.4 Å². The highest BCUT2D eigenvalue weighted by Crippen LogP contribution is 2.26. The zero-order valence-corrected chi connectivity index (χ0v) is 13.0. The minimum absolute atomic E-state index is 0.167. The summed E-state index contributed by atoms with van der Waals surface area (Å²) in [5.74, 6) is -0.222. The maximum absolute atomic E-state index is 13.9. The molecule has 1 saturated heterocycles. The van der Waals surface area contributed by atoms with Gasteiger partial charge in [0.05, 0.1) is 11.6 Å². The first-order valence-corrected chi connectivity index (χ1v) is 8.14. The van der Waals surface area contributed by atoms with Crippen molar-refractivity contribution in [3.05, 3.63) is 41.8 Å². The lowest BCUT2D eigenvalue weighted by Gasteiger charge is -2.38. The Labute approximate surface area is 130 Å². The van der Waals surface area contributed by atoms with Crippen molar-refractivity contribution in [1.29, 1.82) is 0 Å². The van der Waals surface area contributed by atoms with Gasteiger partial charge in [-0.3, -0.25) is 9.88 Å². The van der Waals surface area contributed by atoms with Crippen LogP contribution in [0.3, 0.4) is 0 Å². The second-order valence-electron chi connectivity index (χ2n) is 6.15. The van der Waals surface area contributed by atoms with Crippen molar-refractivity contribution in [3.8, 4) is 0 Å². The Hall–Kier alpha value is -1.52. The molecule has 2 unspecified atom stereocenters. The van der Waals surface area contributed by atoms with Crippen LogP contribution in [0.1, 0.15) is 38.2 Å². The molecule has 3 nitrogen and oxygen atoms in total. The van der Waals surface area contributed by atoms with E-state index in [4.69, 9.17) is 0 Å². The molecule has 2 atom stereocenters. The summed E-state index contributed by atoms with van der Waals surface area (Å²) in [5, 5.41) is 11.1. The number of rotatable bonds is 4. The van der Waals surface area contributed by atoms with E-state index in [1.54, 1.807) is 12.3 Å². The number of aromatic nitrogens is 1. The second-order valence-corrected chi connectivity index (χ2v) is 6.15. The van der Waals surface area contributed by atoms with Crippen LogP contribution in [0.25, 0.3) is 10.9 Å². The van der Waals surface area contributed by atoms with Gasteiger partial charge in [-0.2, -0.15) is 0 Å². The Morgan fingerprint density at radius 3 is 3.09 bits per heavy atom. The first kappa shape index (κ1) is 15.4. The van der Waals surface area contributed by atoms with Gasteiger partial charge >= 0.3 is 0 Å². The lowest BCUT2D eigenvalue weighted by atomic mass is 9.95. The molecule has 0 amide bonds. The first-order chi connectivity index (χ1) is 10.7. The van der Waals surface area contributed by atoms with Crippen LogP contribution in [-0.4, -0.2) is 33.7 Å². The smallest absolute Gasteiger partial charge is 0.124 e. The Balaban J connectivity index is 1.91. The quantitative estimate of drug-likeness (QED) is 0.939. The molecule has 0 bridgehead atoms. The van der Waals surface area contributed by atoms with Crippen LogP contribution in [0, 0.1) is 5.82 Å². The third kappa shape index (κ3) is 3.13. The highest BCUT2D eigenvalue weighted by atomic mass is 19.1. The topological polar surface area (TPSA) is 36.4 Å². The van der Waals surface area contributed by atoms with E-state index in [1.807, 2.05) is 19.1 Å². The molecule has 0 spiro atoms. The van der Waals surface area contributed by atoms with E-state index in [1.165, 1.54) is 6.07 Å². The van der Waals surface area contributed by atoms with Gasteiger partial charge in [-0.25, -0.2) is 4.39 Å². The zero-order chi connectivity index (χ0) is 15.5. The normalized spacial score (nSPS) is 21.1. The Bertz CT molecular complexity index is 646. The minimum Gasteiger partial charge on any atom is -0.392 e. The Morgan fingerprint density at radius 1 is 1.41 bits per heavy atom. The van der Waals surface area contributed by atoms with Crippen LogP contribution in [0.2, 0.25) is 0 Å². The molecular formula is C18H23FN2O. The summed E-state index contributed by atoms with van der Waals surface area (Å²) >= 11 is 0. The van der Waals surface area contributed by atoms with Crippen molar-refractivity contribution in [2.75, 3.05) is 6.54 Å². The van der Waals surface area contributed by atoms with Crippen molar-refractivity contribution < 1.29 is 9.50 Å². The fraction of sp³-hybridized carbons (Fsp3) is 0.500. The van der Waals surface area contributed by atoms with Crippen LogP contribution in [0.5, 0.6) is 0 Å². The van der Waals surface area contributed by atoms with E-state index < -0.39 is 0 Å². The number of nitrogens with zero attached hydrogens (tertiary/aromatic N) is 2. The van der Waals surface area contributed by atoms with E-state index in [2.05, 4.69) is 9.88 Å². The van der Waals surface area contributed by atoms with Crippen LogP contribution < -0.4 is 0 Å². The van der Waals surface area contributed by atoms with Gasteiger partial charge < -0.3 is 5.11 Å². The third-order valence-corrected chi connectivity index (χ3v) is 4.65. The lowest BCUT2D eigenvalue weighted by molar-refractivity contribution is 0.0197. The van der Waals surface area contributed by atoms with E-state index in [0.29, 0.717) is 6.54 Å². The average molecular weight is 302 g/mol. The molecule has 0 aliphatic carbocycles. The zero-order valence-electron chi connectivity index (χ0n) is 13.0. The van der Waals surface area contributed by atoms with Crippen molar-refractivity contribution >= 4 is 10.9 Å². The molecule has 1 aromatic carbocycles. The van der Waals surface area contributed by atoms with E-state index in [0.717, 1.165) is 48.7 Å². The molecule has 118 valence electrons. The number of halogens is 1. The van der Waals surface area contributed by atoms with Gasteiger partial charge in [0, 0.05) is 24.2 Å². The molecule has 4 heteroatoms. The number of fused-ring (bicyclic) bond motifs is 1. The number of hydrogen-bond acceptors (Lipinski definition) is 3. The number of benzene rings is 1. The summed E-state index contributed by atoms with van der Waals surface area (Å²) in [4.78, 5) is 6.71. The summed E-state index contributed by atoms with van der Waals surface area (Å²) in [5.41, 5.74) is 1.77. The molecule has 2 heterocycles. The van der Waals surface area contributed by atoms with E-state index in [-0.39, 0.29) is 18.0 Å². The van der Waals surface area contributed by atoms with Crippen LogP contribution in [0.4, 0.5) is 4.39 Å². The highest BCUT2D eigenvalue weighted by molar-refractivity contribution is 5.81. The monoisotopic (exact) mass is 302 g/mol. The molecular weight excluding hydrogens is 279 g/mol. The summed E-state index contributed by atoms with van der Waals surface area (Å²) in [6, 6.07) is 7.00. The second kappa shape index (κ2) is 6.71. The van der Waals surface area contributed by atoms with Gasteiger partial charge in [-0.15, -0.1) is 0 Å². The SMILES string of the molecule is CCC(O)C1CCCCN1Cc1cc(F)cc2cccnc12. The average Bonchev–Trinajstić information content (AvgIpc) is 2.54. The largest absolute Gasteiger partial charge is 0.392 e. The maximum atomic E-state index is 13.9. The highest BCUT2D eigenvalue weighted by Gasteiger charge is 2.28. The van der Waals surface area contributed by atoms with Crippen molar-refractivity contribution in [1.82, 2.24) is 9.88 Å². The van der Waals surface area contributed by atoms with Gasteiger partial charge in [0.15, 0.2) is 0 Å². The van der Waals surface area contributed by atoms with Gasteiger partial charge in [-0.05, 0) is 49.6 Å². The number of hydrogen-bond donors (Lipinski definition) is 1. The Kier molecular flexibility index (Phi) is 4.69. The number of aliphatic hydroxyl groups excluding tert-OH is 1. The van der Waals surface area contributed by atoms with Crippen LogP contribution >= 0.6 is 0 Å². The molecule has 0 radical (unpaired) electrons. The Morgan fingerprint density at radius 2 is 2.27 bits per heavy atom. The van der Waals surface area contributed by atoms with E-state index >= 15 is 0 Å². The lowest BCUT2D eigenvalue weighted by Crippen LogP contribution is -2.46. The molecule has 1 N–H and O–H groups in total. The van der Waals surface area contributed by atoms with Gasteiger partial charge in [0.25, 0.3) is 0 Å². The number of likely N-dealkylation sites (tertiary alicyclic amines) is 1. The molecule has 0 saturated carbocycles. The third-order valence-electron chi connectivity index (χ3n) is 4.65. The molecule has 1 aliphatic rings. The maximum Gasteiger partial charge on any atom is 0.124 e. The predicted octanol–water partition coefficient (Wildman–Crippen LogP) is 3.50. The summed E-state index contributed by atoms with van der Waals surface area (Å²) < 4.78 is 13.9. The number of pyridine rings is 1. The molecule has 1 fully saturated rings. The first-order valence-electron chi connectivity index (χ1n) is 8.14. The summed E-state index contributed by atoms with van der Waals surface area (Å²) in [7, 11) is 0. The van der Waals surface area contributed by atoms with E-state index in [9.17, 15) is 9.50 Å². The van der Waals surface area contributed by atoms with Crippen molar-refractivity contribution in [2.24, 2.45) is 0 Å². The number of piperidine rings is 1.